The van der Waals surface area contributed by atoms with Crippen LogP contribution in [0.1, 0.15) is 44.0 Å². The first kappa shape index (κ1) is 14.0. The Morgan fingerprint density at radius 1 is 1.37 bits per heavy atom. The maximum absolute atomic E-state index is 9.32. The molecule has 0 aromatic carbocycles. The second kappa shape index (κ2) is 6.68. The van der Waals surface area contributed by atoms with E-state index in [4.69, 9.17) is 0 Å². The normalized spacial score (nSPS) is 23.3. The van der Waals surface area contributed by atoms with Crippen LogP contribution >= 0.6 is 0 Å². The molecule has 1 fully saturated rings. The third kappa shape index (κ3) is 3.54. The summed E-state index contributed by atoms with van der Waals surface area (Å²) in [5.41, 5.74) is 2.18. The number of nitriles is 1. The Labute approximate surface area is 116 Å². The van der Waals surface area contributed by atoms with Crippen molar-refractivity contribution in [2.24, 2.45) is 5.92 Å². The molecule has 0 spiro atoms. The summed E-state index contributed by atoms with van der Waals surface area (Å²) in [5.74, 6) is 0.193. The molecule has 0 amide bonds. The number of hydrogen-bond acceptors (Lipinski definition) is 3. The predicted molar refractivity (Wildman–Crippen MR) is 76.4 cm³/mol. The summed E-state index contributed by atoms with van der Waals surface area (Å²) in [7, 11) is 0. The zero-order chi connectivity index (χ0) is 13.7. The van der Waals surface area contributed by atoms with Crippen LogP contribution in [0.2, 0.25) is 0 Å². The fourth-order valence-electron chi connectivity index (χ4n) is 3.06. The smallest absolute Gasteiger partial charge is 0.0672 e. The van der Waals surface area contributed by atoms with Gasteiger partial charge in [0.15, 0.2) is 0 Å². The Morgan fingerprint density at radius 3 is 2.84 bits per heavy atom. The van der Waals surface area contributed by atoms with Crippen molar-refractivity contribution in [2.45, 2.75) is 52.1 Å². The Balaban J connectivity index is 2.09. The van der Waals surface area contributed by atoms with Crippen LogP contribution in [0.25, 0.3) is 0 Å². The molecule has 1 aliphatic rings. The lowest BCUT2D eigenvalue weighted by Gasteiger charge is -2.36. The zero-order valence-electron chi connectivity index (χ0n) is 12.0. The van der Waals surface area contributed by atoms with Crippen LogP contribution in [-0.2, 0) is 6.54 Å². The van der Waals surface area contributed by atoms with Crippen molar-refractivity contribution in [1.29, 1.82) is 5.26 Å². The van der Waals surface area contributed by atoms with Gasteiger partial charge in [0, 0.05) is 18.3 Å². The van der Waals surface area contributed by atoms with Gasteiger partial charge in [0.05, 0.1) is 17.7 Å². The van der Waals surface area contributed by atoms with Crippen LogP contribution in [0.3, 0.4) is 0 Å². The molecular weight excluding hydrogens is 234 g/mol. The lowest BCUT2D eigenvalue weighted by molar-refractivity contribution is 0.124. The van der Waals surface area contributed by atoms with E-state index in [-0.39, 0.29) is 5.92 Å². The van der Waals surface area contributed by atoms with E-state index < -0.39 is 0 Å². The summed E-state index contributed by atoms with van der Waals surface area (Å²) in [6.45, 7) is 6.05. The standard InChI is InChI=1S/C16H23N3/c1-3-19(12-15-9-6-7-13(2)18-15)16-10-5-4-8-14(16)11-17/h6-7,9,14,16H,3-5,8,10,12H2,1-2H3. The Bertz CT molecular complexity index is 450. The van der Waals surface area contributed by atoms with Gasteiger partial charge in [-0.05, 0) is 38.4 Å². The average molecular weight is 257 g/mol. The largest absolute Gasteiger partial charge is 0.294 e. The van der Waals surface area contributed by atoms with Gasteiger partial charge in [-0.1, -0.05) is 25.8 Å². The molecule has 2 atom stereocenters. The summed E-state index contributed by atoms with van der Waals surface area (Å²) < 4.78 is 0. The summed E-state index contributed by atoms with van der Waals surface area (Å²) in [6, 6.07) is 9.09. The number of pyridine rings is 1. The predicted octanol–water partition coefficient (Wildman–Crippen LogP) is 3.29. The van der Waals surface area contributed by atoms with E-state index in [0.29, 0.717) is 6.04 Å². The SMILES string of the molecule is CCN(Cc1cccc(C)n1)C1CCCCC1C#N. The maximum Gasteiger partial charge on any atom is 0.0672 e. The van der Waals surface area contributed by atoms with Gasteiger partial charge in [-0.3, -0.25) is 9.88 Å². The van der Waals surface area contributed by atoms with Crippen molar-refractivity contribution in [3.63, 3.8) is 0 Å². The van der Waals surface area contributed by atoms with Crippen molar-refractivity contribution < 1.29 is 0 Å². The van der Waals surface area contributed by atoms with Gasteiger partial charge in [-0.25, -0.2) is 0 Å². The highest BCUT2D eigenvalue weighted by atomic mass is 15.2. The van der Waals surface area contributed by atoms with E-state index in [2.05, 4.69) is 35.0 Å². The number of aryl methyl sites for hydroxylation is 1. The van der Waals surface area contributed by atoms with Crippen LogP contribution in [-0.4, -0.2) is 22.5 Å². The second-order valence-electron chi connectivity index (χ2n) is 5.42. The first-order chi connectivity index (χ1) is 9.24. The molecule has 1 saturated carbocycles. The number of rotatable bonds is 4. The quantitative estimate of drug-likeness (QED) is 0.831. The molecule has 0 aliphatic heterocycles. The summed E-state index contributed by atoms with van der Waals surface area (Å²) in [4.78, 5) is 7.01. The molecule has 19 heavy (non-hydrogen) atoms. The van der Waals surface area contributed by atoms with Crippen LogP contribution in [0.5, 0.6) is 0 Å². The van der Waals surface area contributed by atoms with Gasteiger partial charge >= 0.3 is 0 Å². The monoisotopic (exact) mass is 257 g/mol. The van der Waals surface area contributed by atoms with E-state index in [1.165, 1.54) is 12.8 Å². The summed E-state index contributed by atoms with van der Waals surface area (Å²) in [6.07, 6.45) is 4.66. The molecule has 3 heteroatoms. The highest BCUT2D eigenvalue weighted by Gasteiger charge is 2.29. The van der Waals surface area contributed by atoms with Crippen molar-refractivity contribution >= 4 is 0 Å². The Hall–Kier alpha value is -1.40. The Kier molecular flexibility index (Phi) is 4.93. The van der Waals surface area contributed by atoms with Crippen LogP contribution < -0.4 is 0 Å². The van der Waals surface area contributed by atoms with Gasteiger partial charge < -0.3 is 0 Å². The van der Waals surface area contributed by atoms with E-state index >= 15 is 0 Å². The van der Waals surface area contributed by atoms with Crippen molar-refractivity contribution in [3.8, 4) is 6.07 Å². The number of aromatic nitrogens is 1. The first-order valence-corrected chi connectivity index (χ1v) is 7.30. The molecule has 1 aromatic rings. The van der Waals surface area contributed by atoms with Crippen molar-refractivity contribution in [3.05, 3.63) is 29.6 Å². The topological polar surface area (TPSA) is 39.9 Å². The molecule has 2 unspecified atom stereocenters. The number of hydrogen-bond donors (Lipinski definition) is 0. The summed E-state index contributed by atoms with van der Waals surface area (Å²) >= 11 is 0. The van der Waals surface area contributed by atoms with Crippen molar-refractivity contribution in [2.75, 3.05) is 6.54 Å². The van der Waals surface area contributed by atoms with Gasteiger partial charge in [-0.15, -0.1) is 0 Å². The van der Waals surface area contributed by atoms with Gasteiger partial charge in [0.2, 0.25) is 0 Å². The molecule has 1 heterocycles. The molecule has 102 valence electrons. The highest BCUT2D eigenvalue weighted by Crippen LogP contribution is 2.28. The van der Waals surface area contributed by atoms with Crippen LogP contribution in [0.15, 0.2) is 18.2 Å². The maximum atomic E-state index is 9.32. The number of nitrogens with zero attached hydrogens (tertiary/aromatic N) is 3. The third-order valence-electron chi connectivity index (χ3n) is 4.08. The van der Waals surface area contributed by atoms with Gasteiger partial charge in [0.25, 0.3) is 0 Å². The van der Waals surface area contributed by atoms with Crippen LogP contribution in [0, 0.1) is 24.2 Å². The highest BCUT2D eigenvalue weighted by molar-refractivity contribution is 5.10. The molecule has 3 nitrogen and oxygen atoms in total. The molecule has 2 rings (SSSR count). The molecule has 1 aliphatic carbocycles. The fourth-order valence-corrected chi connectivity index (χ4v) is 3.06. The lowest BCUT2D eigenvalue weighted by atomic mass is 9.84. The van der Waals surface area contributed by atoms with Crippen molar-refractivity contribution in [1.82, 2.24) is 9.88 Å². The average Bonchev–Trinajstić information content (AvgIpc) is 2.45. The Morgan fingerprint density at radius 2 is 2.16 bits per heavy atom. The first-order valence-electron chi connectivity index (χ1n) is 7.30. The molecule has 0 N–H and O–H groups in total. The molecule has 1 aromatic heterocycles. The third-order valence-corrected chi connectivity index (χ3v) is 4.08. The van der Waals surface area contributed by atoms with Gasteiger partial charge in [-0.2, -0.15) is 5.26 Å². The van der Waals surface area contributed by atoms with E-state index in [0.717, 1.165) is 37.3 Å². The minimum absolute atomic E-state index is 0.193. The minimum Gasteiger partial charge on any atom is -0.294 e. The second-order valence-corrected chi connectivity index (χ2v) is 5.42. The molecule has 0 bridgehead atoms. The van der Waals surface area contributed by atoms with E-state index in [1.807, 2.05) is 13.0 Å². The minimum atomic E-state index is 0.193. The lowest BCUT2D eigenvalue weighted by Crippen LogP contribution is -2.41. The molecule has 0 radical (unpaired) electrons. The summed E-state index contributed by atoms with van der Waals surface area (Å²) in [5, 5.41) is 9.32. The van der Waals surface area contributed by atoms with Gasteiger partial charge in [0.1, 0.15) is 0 Å². The van der Waals surface area contributed by atoms with E-state index in [9.17, 15) is 5.26 Å². The fraction of sp³-hybridized carbons (Fsp3) is 0.625. The zero-order valence-corrected chi connectivity index (χ0v) is 12.0. The molecule has 0 saturated heterocycles. The van der Waals surface area contributed by atoms with E-state index in [1.54, 1.807) is 0 Å². The molecular formula is C16H23N3. The van der Waals surface area contributed by atoms with Crippen LogP contribution in [0.4, 0.5) is 0 Å².